The van der Waals surface area contributed by atoms with Crippen LogP contribution in [-0.4, -0.2) is 19.8 Å². The molecule has 2 heteroatoms. The Bertz CT molecular complexity index is 428. The molecule has 2 rings (SSSR count). The van der Waals surface area contributed by atoms with E-state index in [4.69, 9.17) is 9.47 Å². The van der Waals surface area contributed by atoms with Crippen LogP contribution in [0.1, 0.15) is 51.5 Å². The Morgan fingerprint density at radius 3 is 2.86 bits per heavy atom. The summed E-state index contributed by atoms with van der Waals surface area (Å²) in [6.07, 6.45) is 8.03. The van der Waals surface area contributed by atoms with Crippen molar-refractivity contribution in [2.75, 3.05) is 19.8 Å². The molecule has 1 unspecified atom stereocenters. The fraction of sp³-hybridized carbons (Fsp3) is 0.579. The van der Waals surface area contributed by atoms with Gasteiger partial charge < -0.3 is 9.47 Å². The molecule has 0 aliphatic carbocycles. The molecule has 116 valence electrons. The van der Waals surface area contributed by atoms with Gasteiger partial charge in [-0.15, -0.1) is 0 Å². The van der Waals surface area contributed by atoms with Crippen LogP contribution in [0.2, 0.25) is 0 Å². The van der Waals surface area contributed by atoms with E-state index in [1.165, 1.54) is 36.8 Å². The first-order valence-corrected chi connectivity index (χ1v) is 8.11. The molecule has 1 aromatic carbocycles. The largest absolute Gasteiger partial charge is 0.501 e. The van der Waals surface area contributed by atoms with Crippen LogP contribution >= 0.6 is 0 Å². The lowest BCUT2D eigenvalue weighted by atomic mass is 9.82. The predicted molar refractivity (Wildman–Crippen MR) is 88.1 cm³/mol. The van der Waals surface area contributed by atoms with Crippen LogP contribution in [0.5, 0.6) is 0 Å². The van der Waals surface area contributed by atoms with E-state index in [2.05, 4.69) is 38.1 Å². The minimum Gasteiger partial charge on any atom is -0.501 e. The molecular weight excluding hydrogens is 260 g/mol. The minimum atomic E-state index is 0.273. The quantitative estimate of drug-likeness (QED) is 0.557. The van der Waals surface area contributed by atoms with Crippen LogP contribution < -0.4 is 0 Å². The summed E-state index contributed by atoms with van der Waals surface area (Å²) in [7, 11) is 0. The lowest BCUT2D eigenvalue weighted by molar-refractivity contribution is 0.0174. The highest BCUT2D eigenvalue weighted by molar-refractivity contribution is 5.62. The van der Waals surface area contributed by atoms with E-state index >= 15 is 0 Å². The molecule has 1 heterocycles. The van der Waals surface area contributed by atoms with E-state index in [1.54, 1.807) is 0 Å². The molecule has 2 nitrogen and oxygen atoms in total. The molecule has 1 aliphatic heterocycles. The molecule has 1 saturated heterocycles. The number of benzene rings is 1. The number of hydrogen-bond donors (Lipinski definition) is 0. The van der Waals surface area contributed by atoms with Gasteiger partial charge in [0.15, 0.2) is 0 Å². The standard InChI is InChI=1S/C19H28O2/c1-17(18-9-5-3-6-10-18)15-20-14-12-19(2)11-7-4-8-13-21-16-19/h3,5-6,9-10,15H,4,7-8,11-14,16H2,1-2H3/b17-15-. The van der Waals surface area contributed by atoms with Crippen molar-refractivity contribution in [3.8, 4) is 0 Å². The van der Waals surface area contributed by atoms with Crippen molar-refractivity contribution in [1.29, 1.82) is 0 Å². The Labute approximate surface area is 129 Å². The molecule has 1 atom stereocenters. The molecule has 1 fully saturated rings. The topological polar surface area (TPSA) is 18.5 Å². The van der Waals surface area contributed by atoms with Crippen LogP contribution in [0.25, 0.3) is 5.57 Å². The van der Waals surface area contributed by atoms with Gasteiger partial charge >= 0.3 is 0 Å². The smallest absolute Gasteiger partial charge is 0.0879 e. The normalized spacial score (nSPS) is 24.2. The molecule has 0 N–H and O–H groups in total. The summed E-state index contributed by atoms with van der Waals surface area (Å²) < 4.78 is 11.5. The molecule has 0 aromatic heterocycles. The van der Waals surface area contributed by atoms with Gasteiger partial charge in [0.1, 0.15) is 0 Å². The zero-order chi connectivity index (χ0) is 15.0. The molecule has 1 aromatic rings. The van der Waals surface area contributed by atoms with E-state index in [-0.39, 0.29) is 5.41 Å². The maximum atomic E-state index is 5.77. The zero-order valence-electron chi connectivity index (χ0n) is 13.4. The van der Waals surface area contributed by atoms with Crippen LogP contribution in [0, 0.1) is 5.41 Å². The third-order valence-corrected chi connectivity index (χ3v) is 4.33. The molecule has 0 saturated carbocycles. The molecule has 0 bridgehead atoms. The van der Waals surface area contributed by atoms with E-state index < -0.39 is 0 Å². The minimum absolute atomic E-state index is 0.273. The number of allylic oxidation sites excluding steroid dienone is 1. The van der Waals surface area contributed by atoms with Crippen LogP contribution in [0.15, 0.2) is 36.6 Å². The summed E-state index contributed by atoms with van der Waals surface area (Å²) in [5, 5.41) is 0. The summed E-state index contributed by atoms with van der Waals surface area (Å²) in [6, 6.07) is 10.4. The van der Waals surface area contributed by atoms with Gasteiger partial charge in [-0.05, 0) is 42.7 Å². The lowest BCUT2D eigenvalue weighted by Crippen LogP contribution is -2.26. The van der Waals surface area contributed by atoms with E-state index in [0.29, 0.717) is 0 Å². The summed E-state index contributed by atoms with van der Waals surface area (Å²) in [5.74, 6) is 0. The van der Waals surface area contributed by atoms with E-state index in [9.17, 15) is 0 Å². The highest BCUT2D eigenvalue weighted by atomic mass is 16.5. The number of hydrogen-bond acceptors (Lipinski definition) is 2. The van der Waals surface area contributed by atoms with Gasteiger partial charge in [-0.1, -0.05) is 50.1 Å². The molecular formula is C19H28O2. The van der Waals surface area contributed by atoms with E-state index in [1.807, 2.05) is 12.3 Å². The first kappa shape index (κ1) is 16.1. The molecule has 0 radical (unpaired) electrons. The van der Waals surface area contributed by atoms with Crippen LogP contribution in [-0.2, 0) is 9.47 Å². The van der Waals surface area contributed by atoms with Gasteiger partial charge in [-0.2, -0.15) is 0 Å². The summed E-state index contributed by atoms with van der Waals surface area (Å²) >= 11 is 0. The fourth-order valence-electron chi connectivity index (χ4n) is 2.78. The highest BCUT2D eigenvalue weighted by Gasteiger charge is 2.25. The predicted octanol–water partition coefficient (Wildman–Crippen LogP) is 5.05. The van der Waals surface area contributed by atoms with Gasteiger partial charge in [0.25, 0.3) is 0 Å². The molecule has 0 spiro atoms. The van der Waals surface area contributed by atoms with E-state index in [0.717, 1.165) is 26.2 Å². The Hall–Kier alpha value is -1.28. The molecule has 1 aliphatic rings. The lowest BCUT2D eigenvalue weighted by Gasteiger charge is -2.31. The zero-order valence-corrected chi connectivity index (χ0v) is 13.4. The van der Waals surface area contributed by atoms with Crippen molar-refractivity contribution in [2.24, 2.45) is 5.41 Å². The maximum absolute atomic E-state index is 5.77. The van der Waals surface area contributed by atoms with Crippen molar-refractivity contribution >= 4 is 5.57 Å². The van der Waals surface area contributed by atoms with Gasteiger partial charge in [-0.25, -0.2) is 0 Å². The second kappa shape index (κ2) is 8.23. The first-order chi connectivity index (χ1) is 10.2. The van der Waals surface area contributed by atoms with Crippen molar-refractivity contribution in [3.05, 3.63) is 42.2 Å². The third kappa shape index (κ3) is 5.55. The van der Waals surface area contributed by atoms with Crippen molar-refractivity contribution < 1.29 is 9.47 Å². The highest BCUT2D eigenvalue weighted by Crippen LogP contribution is 2.31. The Morgan fingerprint density at radius 2 is 2.05 bits per heavy atom. The summed E-state index contributed by atoms with van der Waals surface area (Å²) in [4.78, 5) is 0. The monoisotopic (exact) mass is 288 g/mol. The molecule has 0 amide bonds. The second-order valence-electron chi connectivity index (χ2n) is 6.46. The molecule has 21 heavy (non-hydrogen) atoms. The maximum Gasteiger partial charge on any atom is 0.0879 e. The van der Waals surface area contributed by atoms with Gasteiger partial charge in [0.05, 0.1) is 19.5 Å². The SMILES string of the molecule is C/C(=C/OCCC1(C)CCCCCOC1)c1ccccc1. The van der Waals surface area contributed by atoms with Crippen molar-refractivity contribution in [3.63, 3.8) is 0 Å². The van der Waals surface area contributed by atoms with Gasteiger partial charge in [0.2, 0.25) is 0 Å². The van der Waals surface area contributed by atoms with Gasteiger partial charge in [0, 0.05) is 6.61 Å². The van der Waals surface area contributed by atoms with Crippen molar-refractivity contribution in [1.82, 2.24) is 0 Å². The van der Waals surface area contributed by atoms with Crippen LogP contribution in [0.3, 0.4) is 0 Å². The van der Waals surface area contributed by atoms with Crippen molar-refractivity contribution in [2.45, 2.75) is 46.0 Å². The Morgan fingerprint density at radius 1 is 1.24 bits per heavy atom. The number of rotatable bonds is 5. The first-order valence-electron chi connectivity index (χ1n) is 8.11. The average Bonchev–Trinajstić information content (AvgIpc) is 2.49. The Balaban J connectivity index is 1.77. The number of ether oxygens (including phenoxy) is 2. The summed E-state index contributed by atoms with van der Waals surface area (Å²) in [6.45, 7) is 6.98. The Kier molecular flexibility index (Phi) is 6.31. The fourth-order valence-corrected chi connectivity index (χ4v) is 2.78. The summed E-state index contributed by atoms with van der Waals surface area (Å²) in [5.41, 5.74) is 2.67. The third-order valence-electron chi connectivity index (χ3n) is 4.33. The van der Waals surface area contributed by atoms with Gasteiger partial charge in [-0.3, -0.25) is 0 Å². The second-order valence-corrected chi connectivity index (χ2v) is 6.46. The average molecular weight is 288 g/mol. The van der Waals surface area contributed by atoms with Crippen LogP contribution in [0.4, 0.5) is 0 Å².